The van der Waals surface area contributed by atoms with Crippen molar-refractivity contribution in [3.63, 3.8) is 0 Å². The van der Waals surface area contributed by atoms with E-state index in [1.807, 2.05) is 0 Å². The number of nitrogens with zero attached hydrogens (tertiary/aromatic N) is 6. The van der Waals surface area contributed by atoms with Gasteiger partial charge >= 0.3 is 0 Å². The first-order valence-electron chi connectivity index (χ1n) is 11.6. The molecule has 2 heterocycles. The number of non-ortho nitro benzene ring substituents is 1. The lowest BCUT2D eigenvalue weighted by molar-refractivity contribution is -0.384. The van der Waals surface area contributed by atoms with Crippen molar-refractivity contribution >= 4 is 23.3 Å². The summed E-state index contributed by atoms with van der Waals surface area (Å²) in [6, 6.07) is 6.67. The van der Waals surface area contributed by atoms with Crippen LogP contribution in [0.5, 0.6) is 0 Å². The standard InChI is InChI=1S/C22H34N8O4/c1-17(2)20-25-21(24-8-14-34-16-15-33-13-7-23)27-22(26-20)29-11-9-28(10-12-29)18-3-5-19(6-4-18)30(31)32/h3-6,17H,7-16,23H2,1-2H3,(H,24,25,26,27). The lowest BCUT2D eigenvalue weighted by Crippen LogP contribution is -2.47. The molecule has 1 aliphatic heterocycles. The number of nitrogens with one attached hydrogen (secondary N) is 1. The van der Waals surface area contributed by atoms with E-state index in [0.717, 1.165) is 37.7 Å². The monoisotopic (exact) mass is 474 g/mol. The SMILES string of the molecule is CC(C)c1nc(NCCOCCOCCN)nc(N2CCN(c3ccc([N+](=O)[O-])cc3)CC2)n1. The molecule has 3 N–H and O–H groups in total. The fraction of sp³-hybridized carbons (Fsp3) is 0.591. The van der Waals surface area contributed by atoms with Gasteiger partial charge < -0.3 is 30.3 Å². The van der Waals surface area contributed by atoms with Gasteiger partial charge in [-0.15, -0.1) is 0 Å². The van der Waals surface area contributed by atoms with Crippen LogP contribution in [-0.2, 0) is 9.47 Å². The second kappa shape index (κ2) is 13.0. The number of nitrogens with two attached hydrogens (primary N) is 1. The molecule has 0 amide bonds. The Bertz CT molecular complexity index is 904. The quantitative estimate of drug-likeness (QED) is 0.248. The van der Waals surface area contributed by atoms with E-state index in [0.29, 0.717) is 51.4 Å². The van der Waals surface area contributed by atoms with Crippen LogP contribution in [0.3, 0.4) is 0 Å². The number of ether oxygens (including phenoxy) is 2. The highest BCUT2D eigenvalue weighted by molar-refractivity contribution is 5.52. The maximum absolute atomic E-state index is 10.9. The zero-order valence-corrected chi connectivity index (χ0v) is 19.9. The van der Waals surface area contributed by atoms with Gasteiger partial charge in [-0.3, -0.25) is 10.1 Å². The van der Waals surface area contributed by atoms with Crippen LogP contribution in [-0.4, -0.2) is 85.6 Å². The van der Waals surface area contributed by atoms with Gasteiger partial charge in [-0.1, -0.05) is 13.8 Å². The number of benzene rings is 1. The third kappa shape index (κ3) is 7.47. The lowest BCUT2D eigenvalue weighted by Gasteiger charge is -2.36. The maximum atomic E-state index is 10.9. The zero-order chi connectivity index (χ0) is 24.3. The number of nitro groups is 1. The van der Waals surface area contributed by atoms with Crippen LogP contribution in [0.2, 0.25) is 0 Å². The fourth-order valence-corrected chi connectivity index (χ4v) is 3.45. The molecule has 2 aromatic rings. The predicted molar refractivity (Wildman–Crippen MR) is 131 cm³/mol. The zero-order valence-electron chi connectivity index (χ0n) is 19.9. The Morgan fingerprint density at radius 3 is 2.26 bits per heavy atom. The third-order valence-corrected chi connectivity index (χ3v) is 5.31. The minimum Gasteiger partial charge on any atom is -0.378 e. The van der Waals surface area contributed by atoms with Gasteiger partial charge in [-0.25, -0.2) is 0 Å². The largest absolute Gasteiger partial charge is 0.378 e. The molecule has 0 bridgehead atoms. The second-order valence-electron chi connectivity index (χ2n) is 8.16. The van der Waals surface area contributed by atoms with E-state index >= 15 is 0 Å². The van der Waals surface area contributed by atoms with Crippen molar-refractivity contribution in [1.82, 2.24) is 15.0 Å². The molecule has 1 aromatic heterocycles. The fourth-order valence-electron chi connectivity index (χ4n) is 3.45. The molecule has 0 aliphatic carbocycles. The smallest absolute Gasteiger partial charge is 0.269 e. The molecule has 3 rings (SSSR count). The van der Waals surface area contributed by atoms with Gasteiger partial charge in [0, 0.05) is 63.0 Å². The van der Waals surface area contributed by atoms with E-state index in [2.05, 4.69) is 43.9 Å². The molecule has 34 heavy (non-hydrogen) atoms. The van der Waals surface area contributed by atoms with Crippen molar-refractivity contribution < 1.29 is 14.4 Å². The molecule has 0 atom stereocenters. The van der Waals surface area contributed by atoms with Gasteiger partial charge in [0.1, 0.15) is 5.82 Å². The van der Waals surface area contributed by atoms with Crippen LogP contribution in [0.1, 0.15) is 25.6 Å². The van der Waals surface area contributed by atoms with Crippen molar-refractivity contribution in [1.29, 1.82) is 0 Å². The molecule has 1 fully saturated rings. The molecule has 0 unspecified atom stereocenters. The molecular weight excluding hydrogens is 440 g/mol. The number of rotatable bonds is 13. The predicted octanol–water partition coefficient (Wildman–Crippen LogP) is 1.63. The molecule has 12 nitrogen and oxygen atoms in total. The number of piperazine rings is 1. The molecule has 0 spiro atoms. The normalized spacial score (nSPS) is 14.0. The molecule has 12 heteroatoms. The van der Waals surface area contributed by atoms with Crippen molar-refractivity contribution in [3.8, 4) is 0 Å². The summed E-state index contributed by atoms with van der Waals surface area (Å²) < 4.78 is 10.8. The van der Waals surface area contributed by atoms with Gasteiger partial charge in [0.25, 0.3) is 5.69 Å². The van der Waals surface area contributed by atoms with Crippen molar-refractivity contribution in [2.75, 3.05) is 80.8 Å². The third-order valence-electron chi connectivity index (χ3n) is 5.31. The van der Waals surface area contributed by atoms with Crippen LogP contribution >= 0.6 is 0 Å². The molecule has 0 radical (unpaired) electrons. The number of aromatic nitrogens is 3. The average Bonchev–Trinajstić information content (AvgIpc) is 2.85. The van der Waals surface area contributed by atoms with Crippen molar-refractivity contribution in [2.24, 2.45) is 5.73 Å². The summed E-state index contributed by atoms with van der Waals surface area (Å²) in [5, 5.41) is 14.1. The Morgan fingerprint density at radius 2 is 1.65 bits per heavy atom. The lowest BCUT2D eigenvalue weighted by atomic mass is 10.2. The Hall–Kier alpha value is -3.09. The Morgan fingerprint density at radius 1 is 1.00 bits per heavy atom. The molecule has 0 saturated carbocycles. The van der Waals surface area contributed by atoms with E-state index in [1.165, 1.54) is 12.1 Å². The summed E-state index contributed by atoms with van der Waals surface area (Å²) in [4.78, 5) is 28.7. The average molecular weight is 475 g/mol. The Labute approximate surface area is 199 Å². The summed E-state index contributed by atoms with van der Waals surface area (Å²) in [5.41, 5.74) is 6.45. The maximum Gasteiger partial charge on any atom is 0.269 e. The molecule has 186 valence electrons. The molecule has 1 aliphatic rings. The first kappa shape index (κ1) is 25.5. The van der Waals surface area contributed by atoms with Crippen LogP contribution in [0.15, 0.2) is 24.3 Å². The number of nitro benzene ring substituents is 1. The number of anilines is 3. The summed E-state index contributed by atoms with van der Waals surface area (Å²) in [5.74, 6) is 2.09. The summed E-state index contributed by atoms with van der Waals surface area (Å²) >= 11 is 0. The van der Waals surface area contributed by atoms with Gasteiger partial charge in [-0.2, -0.15) is 15.0 Å². The topological polar surface area (TPSA) is 145 Å². The van der Waals surface area contributed by atoms with Crippen molar-refractivity contribution in [2.45, 2.75) is 19.8 Å². The molecule has 1 aromatic carbocycles. The van der Waals surface area contributed by atoms with Crippen LogP contribution < -0.4 is 20.9 Å². The van der Waals surface area contributed by atoms with Gasteiger partial charge in [0.05, 0.1) is 31.4 Å². The minimum atomic E-state index is -0.385. The van der Waals surface area contributed by atoms with E-state index in [9.17, 15) is 10.1 Å². The van der Waals surface area contributed by atoms with Gasteiger partial charge in [-0.05, 0) is 12.1 Å². The van der Waals surface area contributed by atoms with E-state index in [4.69, 9.17) is 15.2 Å². The molecule has 1 saturated heterocycles. The van der Waals surface area contributed by atoms with Gasteiger partial charge in [0.2, 0.25) is 11.9 Å². The highest BCUT2D eigenvalue weighted by Crippen LogP contribution is 2.23. The molecular formula is C22H34N8O4. The van der Waals surface area contributed by atoms with Crippen LogP contribution in [0, 0.1) is 10.1 Å². The first-order valence-corrected chi connectivity index (χ1v) is 11.6. The highest BCUT2D eigenvalue weighted by Gasteiger charge is 2.22. The Balaban J connectivity index is 1.54. The van der Waals surface area contributed by atoms with Crippen LogP contribution in [0.4, 0.5) is 23.3 Å². The van der Waals surface area contributed by atoms with Gasteiger partial charge in [0.15, 0.2) is 0 Å². The number of hydrogen-bond donors (Lipinski definition) is 2. The minimum absolute atomic E-state index is 0.0964. The van der Waals surface area contributed by atoms with E-state index in [1.54, 1.807) is 12.1 Å². The van der Waals surface area contributed by atoms with Crippen LogP contribution in [0.25, 0.3) is 0 Å². The number of hydrogen-bond acceptors (Lipinski definition) is 11. The second-order valence-corrected chi connectivity index (χ2v) is 8.16. The summed E-state index contributed by atoms with van der Waals surface area (Å²) in [7, 11) is 0. The Kier molecular flexibility index (Phi) is 9.74. The highest BCUT2D eigenvalue weighted by atomic mass is 16.6. The van der Waals surface area contributed by atoms with E-state index in [-0.39, 0.29) is 16.5 Å². The first-order chi connectivity index (χ1) is 16.5. The van der Waals surface area contributed by atoms with E-state index < -0.39 is 0 Å². The summed E-state index contributed by atoms with van der Waals surface area (Å²) in [6.45, 7) is 10.3. The summed E-state index contributed by atoms with van der Waals surface area (Å²) in [6.07, 6.45) is 0. The van der Waals surface area contributed by atoms with Crippen molar-refractivity contribution in [3.05, 3.63) is 40.2 Å².